The SMILES string of the molecule is CC1(OC(=O)COC(=O)C(SOO[O-])(C(F)(F)F)C(F)(F)F)CCCCC1. The Morgan fingerprint density at radius 1 is 1.04 bits per heavy atom. The summed E-state index contributed by atoms with van der Waals surface area (Å²) in [6.07, 6.45) is -9.34. The molecule has 0 saturated heterocycles. The Kier molecular flexibility index (Phi) is 7.78. The molecule has 1 saturated carbocycles. The molecular weight excluding hydrogens is 414 g/mol. The number of carbonyl (C=O) groups is 2. The Morgan fingerprint density at radius 3 is 2.00 bits per heavy atom. The van der Waals surface area contributed by atoms with Gasteiger partial charge in [0, 0.05) is 0 Å². The standard InChI is InChI=1S/C13H16F6O7S/c1-10(5-3-2-4-6-10)24-8(20)7-23-9(21)11(12(14,15)16,13(17,18)19)27-26-25-22/h22H,2-7H2,1H3/p-1. The van der Waals surface area contributed by atoms with Crippen LogP contribution in [0.2, 0.25) is 0 Å². The van der Waals surface area contributed by atoms with Gasteiger partial charge < -0.3 is 14.7 Å². The first-order valence-electron chi connectivity index (χ1n) is 7.46. The third-order valence-corrected chi connectivity index (χ3v) is 4.87. The van der Waals surface area contributed by atoms with E-state index in [1.807, 2.05) is 0 Å². The molecule has 0 N–H and O–H groups in total. The fraction of sp³-hybridized carbons (Fsp3) is 0.846. The third kappa shape index (κ3) is 5.62. The number of alkyl halides is 6. The van der Waals surface area contributed by atoms with Crippen molar-refractivity contribution in [3.63, 3.8) is 0 Å². The van der Waals surface area contributed by atoms with Crippen molar-refractivity contribution >= 4 is 24.0 Å². The highest BCUT2D eigenvalue weighted by Crippen LogP contribution is 2.53. The van der Waals surface area contributed by atoms with Crippen LogP contribution in [0.25, 0.3) is 0 Å². The van der Waals surface area contributed by atoms with Crippen LogP contribution in [0, 0.1) is 0 Å². The number of hydrogen-bond acceptors (Lipinski definition) is 8. The molecule has 0 aliphatic heterocycles. The summed E-state index contributed by atoms with van der Waals surface area (Å²) in [4.78, 5) is 23.3. The molecule has 0 aromatic carbocycles. The van der Waals surface area contributed by atoms with Gasteiger partial charge in [-0.1, -0.05) is 6.42 Å². The van der Waals surface area contributed by atoms with Crippen LogP contribution >= 0.6 is 12.0 Å². The summed E-state index contributed by atoms with van der Waals surface area (Å²) >= 11 is -1.63. The van der Waals surface area contributed by atoms with Crippen LogP contribution < -0.4 is 5.26 Å². The highest BCUT2D eigenvalue weighted by molar-refractivity contribution is 7.96. The lowest BCUT2D eigenvalue weighted by Crippen LogP contribution is -2.60. The Bertz CT molecular complexity index is 516. The highest BCUT2D eigenvalue weighted by Gasteiger charge is 2.79. The second kappa shape index (κ2) is 8.84. The van der Waals surface area contributed by atoms with Crippen molar-refractivity contribution < 1.29 is 60.0 Å². The maximum Gasteiger partial charge on any atom is 0.425 e. The zero-order valence-electron chi connectivity index (χ0n) is 13.8. The van der Waals surface area contributed by atoms with Crippen molar-refractivity contribution in [2.24, 2.45) is 0 Å². The second-order valence-corrected chi connectivity index (χ2v) is 6.87. The van der Waals surface area contributed by atoms with Gasteiger partial charge in [0.25, 0.3) is 0 Å². The molecule has 0 aromatic heterocycles. The van der Waals surface area contributed by atoms with E-state index >= 15 is 0 Å². The van der Waals surface area contributed by atoms with E-state index in [0.717, 1.165) is 19.3 Å². The zero-order valence-corrected chi connectivity index (χ0v) is 14.6. The number of rotatable bonds is 7. The normalized spacial score (nSPS) is 18.1. The molecular formula is C13H15F6O7S-. The first kappa shape index (κ1) is 23.8. The first-order chi connectivity index (χ1) is 12.3. The monoisotopic (exact) mass is 429 g/mol. The molecule has 1 aliphatic rings. The quantitative estimate of drug-likeness (QED) is 0.200. The van der Waals surface area contributed by atoms with Crippen LogP contribution in [-0.2, 0) is 28.4 Å². The molecule has 0 bridgehead atoms. The van der Waals surface area contributed by atoms with Crippen molar-refractivity contribution in [1.29, 1.82) is 0 Å². The molecule has 0 heterocycles. The topological polar surface area (TPSA) is 94.1 Å². The average molecular weight is 429 g/mol. The number of hydrogen-bond donors (Lipinski definition) is 0. The van der Waals surface area contributed by atoms with Gasteiger partial charge in [0.1, 0.15) is 5.60 Å². The van der Waals surface area contributed by atoms with Gasteiger partial charge in [-0.05, 0) is 32.6 Å². The van der Waals surface area contributed by atoms with Crippen LogP contribution in [0.1, 0.15) is 39.0 Å². The maximum absolute atomic E-state index is 13.0. The fourth-order valence-electron chi connectivity index (χ4n) is 2.52. The van der Waals surface area contributed by atoms with Crippen LogP contribution in [0.5, 0.6) is 0 Å². The largest absolute Gasteiger partial charge is 0.691 e. The molecule has 27 heavy (non-hydrogen) atoms. The van der Waals surface area contributed by atoms with Crippen LogP contribution in [-0.4, -0.2) is 41.2 Å². The molecule has 14 heteroatoms. The summed E-state index contributed by atoms with van der Waals surface area (Å²) in [7, 11) is 0. The van der Waals surface area contributed by atoms with Crippen LogP contribution in [0.3, 0.4) is 0 Å². The Balaban J connectivity index is 2.88. The van der Waals surface area contributed by atoms with Gasteiger partial charge in [-0.25, -0.2) is 9.59 Å². The van der Waals surface area contributed by atoms with Gasteiger partial charge in [-0.3, -0.25) is 5.04 Å². The summed E-state index contributed by atoms with van der Waals surface area (Å²) < 4.78 is 84.8. The minimum Gasteiger partial charge on any atom is -0.691 e. The van der Waals surface area contributed by atoms with E-state index in [4.69, 9.17) is 4.74 Å². The Labute approximate surface area is 153 Å². The van der Waals surface area contributed by atoms with E-state index in [1.54, 1.807) is 6.92 Å². The Morgan fingerprint density at radius 2 is 1.56 bits per heavy atom. The van der Waals surface area contributed by atoms with Gasteiger partial charge in [0.2, 0.25) is 0 Å². The lowest BCUT2D eigenvalue weighted by atomic mass is 9.86. The number of carbonyl (C=O) groups excluding carboxylic acids is 2. The van der Waals surface area contributed by atoms with Gasteiger partial charge in [0.05, 0.1) is 12.0 Å². The molecule has 1 aliphatic carbocycles. The minimum atomic E-state index is -6.29. The van der Waals surface area contributed by atoms with Crippen molar-refractivity contribution in [2.75, 3.05) is 6.61 Å². The number of esters is 2. The van der Waals surface area contributed by atoms with Gasteiger partial charge in [0.15, 0.2) is 6.61 Å². The molecule has 1 rings (SSSR count). The molecule has 7 nitrogen and oxygen atoms in total. The van der Waals surface area contributed by atoms with Crippen molar-refractivity contribution in [2.45, 2.75) is 61.7 Å². The lowest BCUT2D eigenvalue weighted by molar-refractivity contribution is -0.777. The van der Waals surface area contributed by atoms with Crippen LogP contribution in [0.15, 0.2) is 0 Å². The first-order valence-corrected chi connectivity index (χ1v) is 8.20. The summed E-state index contributed by atoms with van der Waals surface area (Å²) in [6.45, 7) is 0.0675. The van der Waals surface area contributed by atoms with E-state index in [2.05, 4.69) is 14.1 Å². The summed E-state index contributed by atoms with van der Waals surface area (Å²) in [5.74, 6) is -4.22. The molecule has 0 amide bonds. The van der Waals surface area contributed by atoms with Crippen molar-refractivity contribution in [1.82, 2.24) is 0 Å². The van der Waals surface area contributed by atoms with Gasteiger partial charge in [-0.2, -0.15) is 30.7 Å². The fourth-order valence-corrected chi connectivity index (χ4v) is 2.96. The second-order valence-electron chi connectivity index (χ2n) is 5.96. The molecule has 0 unspecified atom stereocenters. The molecule has 0 spiro atoms. The molecule has 0 aromatic rings. The summed E-state index contributed by atoms with van der Waals surface area (Å²) in [5.41, 5.74) is -0.943. The van der Waals surface area contributed by atoms with E-state index < -0.39 is 53.3 Å². The van der Waals surface area contributed by atoms with E-state index in [9.17, 15) is 41.2 Å². The lowest BCUT2D eigenvalue weighted by Gasteiger charge is -2.34. The maximum atomic E-state index is 13.0. The molecule has 0 atom stereocenters. The Hall–Kier alpha value is -1.25. The van der Waals surface area contributed by atoms with Crippen molar-refractivity contribution in [3.05, 3.63) is 0 Å². The zero-order chi connectivity index (χ0) is 20.9. The van der Waals surface area contributed by atoms with Crippen molar-refractivity contribution in [3.8, 4) is 0 Å². The van der Waals surface area contributed by atoms with E-state index in [-0.39, 0.29) is 0 Å². The average Bonchev–Trinajstić information content (AvgIpc) is 2.51. The van der Waals surface area contributed by atoms with Crippen LogP contribution in [0.4, 0.5) is 26.3 Å². The summed E-state index contributed by atoms with van der Waals surface area (Å²) in [6, 6.07) is 0. The summed E-state index contributed by atoms with van der Waals surface area (Å²) in [5, 5.41) is 12.2. The van der Waals surface area contributed by atoms with Gasteiger partial charge >= 0.3 is 29.0 Å². The molecule has 1 fully saturated rings. The van der Waals surface area contributed by atoms with E-state index in [1.165, 1.54) is 0 Å². The molecule has 0 radical (unpaired) electrons. The molecule has 158 valence electrons. The predicted octanol–water partition coefficient (Wildman–Crippen LogP) is 2.53. The van der Waals surface area contributed by atoms with Gasteiger partial charge in [-0.15, -0.1) is 0 Å². The number of ether oxygens (including phenoxy) is 2. The van der Waals surface area contributed by atoms with E-state index in [0.29, 0.717) is 12.8 Å². The highest BCUT2D eigenvalue weighted by atomic mass is 32.2. The minimum absolute atomic E-state index is 0.451. The smallest absolute Gasteiger partial charge is 0.425 e. The predicted molar refractivity (Wildman–Crippen MR) is 73.1 cm³/mol. The number of halogens is 6. The third-order valence-electron chi connectivity index (χ3n) is 3.87.